The minimum atomic E-state index is 0.128. The summed E-state index contributed by atoms with van der Waals surface area (Å²) in [7, 11) is 0. The molecule has 0 fully saturated rings. The smallest absolute Gasteiger partial charge is 0.146 e. The molecule has 0 bridgehead atoms. The van der Waals surface area contributed by atoms with Crippen molar-refractivity contribution in [1.82, 2.24) is 0 Å². The van der Waals surface area contributed by atoms with E-state index in [2.05, 4.69) is 19.1 Å². The van der Waals surface area contributed by atoms with Gasteiger partial charge in [0.2, 0.25) is 0 Å². The molecule has 0 spiro atoms. The molecule has 0 aliphatic carbocycles. The molecule has 1 rings (SSSR count). The maximum absolute atomic E-state index is 11.0. The molecular weight excluding hydrogens is 162 g/mol. The molecule has 0 atom stereocenters. The summed E-state index contributed by atoms with van der Waals surface area (Å²) in [6, 6.07) is 8.11. The minimum Gasteiger partial charge on any atom is -0.324 e. The first-order valence-corrected chi connectivity index (χ1v) is 4.50. The van der Waals surface area contributed by atoms with E-state index in [1.165, 1.54) is 11.1 Å². The molecular formula is C11H15NO. The summed E-state index contributed by atoms with van der Waals surface area (Å²) in [5, 5.41) is 0. The third-order valence-corrected chi connectivity index (χ3v) is 2.16. The van der Waals surface area contributed by atoms with Crippen molar-refractivity contribution in [3.8, 4) is 0 Å². The van der Waals surface area contributed by atoms with Crippen molar-refractivity contribution in [2.24, 2.45) is 5.73 Å². The second kappa shape index (κ2) is 4.77. The molecule has 13 heavy (non-hydrogen) atoms. The number of aryl methyl sites for hydroxylation is 2. The van der Waals surface area contributed by atoms with Crippen LogP contribution in [0.15, 0.2) is 24.3 Å². The number of rotatable bonds is 4. The lowest BCUT2D eigenvalue weighted by Crippen LogP contribution is -2.13. The number of nitrogens with two attached hydrogens (primary N) is 1. The van der Waals surface area contributed by atoms with Crippen molar-refractivity contribution in [3.63, 3.8) is 0 Å². The largest absolute Gasteiger partial charge is 0.324 e. The molecule has 0 unspecified atom stereocenters. The average Bonchev–Trinajstić information content (AvgIpc) is 2.16. The Morgan fingerprint density at radius 1 is 1.38 bits per heavy atom. The molecule has 0 radical (unpaired) electrons. The predicted molar refractivity (Wildman–Crippen MR) is 53.6 cm³/mol. The Hall–Kier alpha value is -1.15. The van der Waals surface area contributed by atoms with E-state index in [0.29, 0.717) is 6.42 Å². The average molecular weight is 177 g/mol. The highest BCUT2D eigenvalue weighted by Gasteiger charge is 2.01. The van der Waals surface area contributed by atoms with Crippen LogP contribution in [0.4, 0.5) is 0 Å². The highest BCUT2D eigenvalue weighted by molar-refractivity contribution is 5.80. The molecule has 0 heterocycles. The first-order chi connectivity index (χ1) is 6.24. The number of carbonyl (C=O) groups excluding carboxylic acids is 1. The van der Waals surface area contributed by atoms with E-state index in [-0.39, 0.29) is 12.3 Å². The molecule has 2 heteroatoms. The van der Waals surface area contributed by atoms with Gasteiger partial charge in [0, 0.05) is 6.42 Å². The van der Waals surface area contributed by atoms with Crippen molar-refractivity contribution in [2.45, 2.75) is 19.8 Å². The lowest BCUT2D eigenvalue weighted by atomic mass is 10.0. The minimum absolute atomic E-state index is 0.128. The summed E-state index contributed by atoms with van der Waals surface area (Å²) < 4.78 is 0. The third kappa shape index (κ3) is 2.99. The zero-order valence-corrected chi connectivity index (χ0v) is 7.92. The van der Waals surface area contributed by atoms with Crippen LogP contribution in [-0.2, 0) is 11.2 Å². The molecule has 0 aromatic heterocycles. The van der Waals surface area contributed by atoms with E-state index >= 15 is 0 Å². The van der Waals surface area contributed by atoms with Crippen LogP contribution in [0.1, 0.15) is 17.5 Å². The van der Waals surface area contributed by atoms with Gasteiger partial charge in [-0.15, -0.1) is 0 Å². The van der Waals surface area contributed by atoms with E-state index in [4.69, 9.17) is 5.73 Å². The van der Waals surface area contributed by atoms with Crippen LogP contribution in [0, 0.1) is 6.92 Å². The summed E-state index contributed by atoms with van der Waals surface area (Å²) in [6.07, 6.45) is 1.37. The van der Waals surface area contributed by atoms with Crippen molar-refractivity contribution in [2.75, 3.05) is 6.54 Å². The van der Waals surface area contributed by atoms with Gasteiger partial charge in [0.25, 0.3) is 0 Å². The Bertz CT molecular complexity index is 294. The Balaban J connectivity index is 2.54. The van der Waals surface area contributed by atoms with Crippen LogP contribution in [0.5, 0.6) is 0 Å². The first kappa shape index (κ1) is 9.93. The fraction of sp³-hybridized carbons (Fsp3) is 0.364. The third-order valence-electron chi connectivity index (χ3n) is 2.16. The van der Waals surface area contributed by atoms with Crippen molar-refractivity contribution in [3.05, 3.63) is 35.4 Å². The Morgan fingerprint density at radius 2 is 2.08 bits per heavy atom. The van der Waals surface area contributed by atoms with Crippen molar-refractivity contribution < 1.29 is 4.79 Å². The maximum Gasteiger partial charge on any atom is 0.146 e. The summed E-state index contributed by atoms with van der Waals surface area (Å²) in [6.45, 7) is 2.22. The highest BCUT2D eigenvalue weighted by Crippen LogP contribution is 2.09. The number of hydrogen-bond donors (Lipinski definition) is 1. The summed E-state index contributed by atoms with van der Waals surface area (Å²) >= 11 is 0. The van der Waals surface area contributed by atoms with E-state index in [0.717, 1.165) is 6.42 Å². The van der Waals surface area contributed by atoms with E-state index < -0.39 is 0 Å². The van der Waals surface area contributed by atoms with Gasteiger partial charge in [-0.1, -0.05) is 24.3 Å². The van der Waals surface area contributed by atoms with Crippen LogP contribution in [-0.4, -0.2) is 12.3 Å². The molecule has 2 nitrogen and oxygen atoms in total. The summed E-state index contributed by atoms with van der Waals surface area (Å²) in [5.74, 6) is 0.128. The second-order valence-electron chi connectivity index (χ2n) is 3.17. The fourth-order valence-electron chi connectivity index (χ4n) is 1.27. The molecule has 0 saturated carbocycles. The number of hydrogen-bond acceptors (Lipinski definition) is 2. The van der Waals surface area contributed by atoms with Gasteiger partial charge in [0.15, 0.2) is 0 Å². The SMILES string of the molecule is Cc1ccccc1CCC(=O)CN. The molecule has 70 valence electrons. The monoisotopic (exact) mass is 177 g/mol. The van der Waals surface area contributed by atoms with Gasteiger partial charge in [-0.2, -0.15) is 0 Å². The Labute approximate surface area is 78.8 Å². The Kier molecular flexibility index (Phi) is 3.65. The maximum atomic E-state index is 11.0. The van der Waals surface area contributed by atoms with Crippen molar-refractivity contribution >= 4 is 5.78 Å². The topological polar surface area (TPSA) is 43.1 Å². The lowest BCUT2D eigenvalue weighted by molar-refractivity contribution is -0.117. The lowest BCUT2D eigenvalue weighted by Gasteiger charge is -2.03. The molecule has 0 aliphatic heterocycles. The quantitative estimate of drug-likeness (QED) is 0.756. The van der Waals surface area contributed by atoms with Crippen LogP contribution in [0.25, 0.3) is 0 Å². The zero-order chi connectivity index (χ0) is 9.68. The Morgan fingerprint density at radius 3 is 2.69 bits per heavy atom. The second-order valence-corrected chi connectivity index (χ2v) is 3.17. The number of carbonyl (C=O) groups is 1. The zero-order valence-electron chi connectivity index (χ0n) is 7.92. The highest BCUT2D eigenvalue weighted by atomic mass is 16.1. The molecule has 2 N–H and O–H groups in total. The van der Waals surface area contributed by atoms with Gasteiger partial charge in [-0.05, 0) is 24.5 Å². The van der Waals surface area contributed by atoms with E-state index in [1.54, 1.807) is 0 Å². The fourth-order valence-corrected chi connectivity index (χ4v) is 1.27. The van der Waals surface area contributed by atoms with Crippen LogP contribution in [0.3, 0.4) is 0 Å². The molecule has 0 saturated heterocycles. The van der Waals surface area contributed by atoms with E-state index in [1.807, 2.05) is 12.1 Å². The molecule has 0 aliphatic rings. The molecule has 0 amide bonds. The number of ketones is 1. The molecule has 1 aromatic carbocycles. The van der Waals surface area contributed by atoms with Gasteiger partial charge in [-0.3, -0.25) is 4.79 Å². The van der Waals surface area contributed by atoms with Crippen LogP contribution in [0.2, 0.25) is 0 Å². The van der Waals surface area contributed by atoms with Crippen LogP contribution >= 0.6 is 0 Å². The summed E-state index contributed by atoms with van der Waals surface area (Å²) in [4.78, 5) is 11.0. The van der Waals surface area contributed by atoms with Gasteiger partial charge >= 0.3 is 0 Å². The van der Waals surface area contributed by atoms with E-state index in [9.17, 15) is 4.79 Å². The van der Waals surface area contributed by atoms with Crippen LogP contribution < -0.4 is 5.73 Å². The number of Topliss-reactive ketones (excluding diaryl/α,β-unsaturated/α-hetero) is 1. The normalized spacial score (nSPS) is 10.0. The standard InChI is InChI=1S/C11H15NO/c1-9-4-2-3-5-10(9)6-7-11(13)8-12/h2-5H,6-8,12H2,1H3. The first-order valence-electron chi connectivity index (χ1n) is 4.50. The molecule has 1 aromatic rings. The number of benzene rings is 1. The summed E-state index contributed by atoms with van der Waals surface area (Å²) in [5.41, 5.74) is 7.71. The van der Waals surface area contributed by atoms with Gasteiger partial charge in [0.05, 0.1) is 6.54 Å². The van der Waals surface area contributed by atoms with Gasteiger partial charge in [0.1, 0.15) is 5.78 Å². The van der Waals surface area contributed by atoms with Gasteiger partial charge < -0.3 is 5.73 Å². The van der Waals surface area contributed by atoms with Crippen molar-refractivity contribution in [1.29, 1.82) is 0 Å². The van der Waals surface area contributed by atoms with Gasteiger partial charge in [-0.25, -0.2) is 0 Å². The predicted octanol–water partition coefficient (Wildman–Crippen LogP) is 1.46.